The number of carbonyl (C=O) groups is 8. The summed E-state index contributed by atoms with van der Waals surface area (Å²) in [6.07, 6.45) is 6.52. The highest BCUT2D eigenvalue weighted by atomic mass is 32.1. The Bertz CT molecular complexity index is 1530. The number of nitrogens with one attached hydrogen (secondary N) is 6. The SMILES string of the molecule is NC(=O)[C@@H]1CCCN1C(=O)[C@H](CCCN=C(N)NC1CC1)NC(=O)[C@@H]1CC(=O)N1.NC(=O)[C@@H]1CCCN1C(=O)[C@H](CCCNC(N)=S)NC(=O)[C@@H]1CC(=O)N1. The van der Waals surface area contributed by atoms with Gasteiger partial charge >= 0.3 is 0 Å². The molecule has 0 aromatic carbocycles. The lowest BCUT2D eigenvalue weighted by Gasteiger charge is -2.31. The number of rotatable bonds is 17. The van der Waals surface area contributed by atoms with E-state index in [1.165, 1.54) is 9.80 Å². The van der Waals surface area contributed by atoms with Crippen molar-refractivity contribution < 1.29 is 38.4 Å². The van der Waals surface area contributed by atoms with Crippen molar-refractivity contribution in [2.75, 3.05) is 26.2 Å². The fourth-order valence-corrected chi connectivity index (χ4v) is 6.74. The van der Waals surface area contributed by atoms with Crippen LogP contribution in [-0.4, -0.2) is 137 Å². The second-order valence-corrected chi connectivity index (χ2v) is 14.7. The summed E-state index contributed by atoms with van der Waals surface area (Å²) in [5.41, 5.74) is 22.0. The lowest BCUT2D eigenvalue weighted by atomic mass is 10.0. The van der Waals surface area contributed by atoms with Crippen LogP contribution in [0, 0.1) is 0 Å². The topological polar surface area (TPSA) is 332 Å². The number of amides is 8. The second kappa shape index (κ2) is 19.9. The van der Waals surface area contributed by atoms with Crippen molar-refractivity contribution in [1.82, 2.24) is 41.7 Å². The molecule has 5 rings (SSSR count). The zero-order valence-electron chi connectivity index (χ0n) is 30.7. The number of hydrogen-bond donors (Lipinski definition) is 10. The molecule has 55 heavy (non-hydrogen) atoms. The molecule has 0 unspecified atom stereocenters. The van der Waals surface area contributed by atoms with Crippen LogP contribution in [0.4, 0.5) is 0 Å². The molecular formula is C33H53N13O8S. The van der Waals surface area contributed by atoms with E-state index in [2.05, 4.69) is 36.9 Å². The molecule has 0 aromatic rings. The summed E-state index contributed by atoms with van der Waals surface area (Å²) in [7, 11) is 0. The molecule has 0 aromatic heterocycles. The Morgan fingerprint density at radius 1 is 0.745 bits per heavy atom. The molecule has 304 valence electrons. The first-order valence-corrected chi connectivity index (χ1v) is 19.0. The molecule has 5 aliphatic rings. The fourth-order valence-electron chi connectivity index (χ4n) is 6.64. The van der Waals surface area contributed by atoms with Gasteiger partial charge in [0.1, 0.15) is 36.3 Å². The van der Waals surface area contributed by atoms with E-state index in [9.17, 15) is 38.4 Å². The Morgan fingerprint density at radius 3 is 1.60 bits per heavy atom. The minimum Gasteiger partial charge on any atom is -0.376 e. The van der Waals surface area contributed by atoms with Crippen molar-refractivity contribution in [2.24, 2.45) is 27.9 Å². The van der Waals surface area contributed by atoms with E-state index in [0.29, 0.717) is 89.5 Å². The third-order valence-electron chi connectivity index (χ3n) is 9.87. The van der Waals surface area contributed by atoms with Crippen LogP contribution in [0.15, 0.2) is 4.99 Å². The Kier molecular flexibility index (Phi) is 15.3. The van der Waals surface area contributed by atoms with E-state index in [4.69, 9.17) is 35.2 Å². The van der Waals surface area contributed by atoms with Gasteiger partial charge in [-0.05, 0) is 76.4 Å². The van der Waals surface area contributed by atoms with Crippen LogP contribution < -0.4 is 54.8 Å². The molecule has 0 spiro atoms. The number of aliphatic imine (C=N–C) groups is 1. The molecule has 5 fully saturated rings. The number of β-lactam (4-membered cyclic amide) rings is 2. The van der Waals surface area contributed by atoms with Crippen molar-refractivity contribution in [3.63, 3.8) is 0 Å². The minimum absolute atomic E-state index is 0.101. The summed E-state index contributed by atoms with van der Waals surface area (Å²) in [5.74, 6) is -2.63. The van der Waals surface area contributed by atoms with E-state index >= 15 is 0 Å². The molecule has 0 bridgehead atoms. The van der Waals surface area contributed by atoms with Gasteiger partial charge in [-0.25, -0.2) is 0 Å². The van der Waals surface area contributed by atoms with Crippen molar-refractivity contribution in [3.05, 3.63) is 0 Å². The summed E-state index contributed by atoms with van der Waals surface area (Å²) in [6.45, 7) is 1.71. The highest BCUT2D eigenvalue weighted by molar-refractivity contribution is 7.80. The average molecular weight is 792 g/mol. The maximum Gasteiger partial charge on any atom is 0.245 e. The summed E-state index contributed by atoms with van der Waals surface area (Å²) >= 11 is 4.73. The van der Waals surface area contributed by atoms with Crippen LogP contribution in [0.3, 0.4) is 0 Å². The van der Waals surface area contributed by atoms with Gasteiger partial charge in [0.25, 0.3) is 0 Å². The van der Waals surface area contributed by atoms with Gasteiger partial charge in [-0.15, -0.1) is 0 Å². The van der Waals surface area contributed by atoms with Gasteiger partial charge in [-0.3, -0.25) is 43.3 Å². The summed E-state index contributed by atoms with van der Waals surface area (Å²) in [6, 6.07) is -3.77. The van der Waals surface area contributed by atoms with Gasteiger partial charge in [0.05, 0.1) is 12.8 Å². The van der Waals surface area contributed by atoms with Crippen molar-refractivity contribution >= 4 is 70.5 Å². The van der Waals surface area contributed by atoms with Crippen LogP contribution in [0.5, 0.6) is 0 Å². The highest BCUT2D eigenvalue weighted by Crippen LogP contribution is 2.21. The number of carbonyl (C=O) groups excluding carboxylic acids is 8. The van der Waals surface area contributed by atoms with E-state index in [1.807, 2.05) is 0 Å². The molecule has 4 heterocycles. The number of primary amides is 2. The normalized spacial score (nSPS) is 24.0. The number of guanidine groups is 1. The second-order valence-electron chi connectivity index (χ2n) is 14.2. The summed E-state index contributed by atoms with van der Waals surface area (Å²) < 4.78 is 0. The Balaban J connectivity index is 0.000000246. The number of thiocarbonyl (C=S) groups is 1. The maximum atomic E-state index is 13.0. The quantitative estimate of drug-likeness (QED) is 0.0218. The molecule has 4 saturated heterocycles. The first-order valence-electron chi connectivity index (χ1n) is 18.6. The van der Waals surface area contributed by atoms with E-state index in [0.717, 1.165) is 12.8 Å². The first kappa shape index (κ1) is 42.5. The molecule has 8 amide bonds. The van der Waals surface area contributed by atoms with Gasteiger partial charge in [0, 0.05) is 32.2 Å². The molecule has 0 radical (unpaired) electrons. The van der Waals surface area contributed by atoms with Gasteiger partial charge in [0.15, 0.2) is 11.1 Å². The van der Waals surface area contributed by atoms with Crippen molar-refractivity contribution in [2.45, 2.75) is 119 Å². The predicted molar refractivity (Wildman–Crippen MR) is 201 cm³/mol. The van der Waals surface area contributed by atoms with E-state index in [-0.39, 0.29) is 41.6 Å². The average Bonchev–Trinajstić information content (AvgIpc) is 3.54. The predicted octanol–water partition coefficient (Wildman–Crippen LogP) is -4.87. The summed E-state index contributed by atoms with van der Waals surface area (Å²) in [5, 5.41) is 16.4. The Morgan fingerprint density at radius 2 is 1.20 bits per heavy atom. The molecule has 1 aliphatic carbocycles. The fraction of sp³-hybridized carbons (Fsp3) is 0.697. The van der Waals surface area contributed by atoms with Crippen LogP contribution in [-0.2, 0) is 38.4 Å². The number of hydrogen-bond acceptors (Lipinski definition) is 10. The van der Waals surface area contributed by atoms with Crippen molar-refractivity contribution in [1.29, 1.82) is 0 Å². The molecule has 22 heteroatoms. The lowest BCUT2D eigenvalue weighted by molar-refractivity contribution is -0.142. The van der Waals surface area contributed by atoms with Gasteiger partial charge < -0.3 is 64.6 Å². The van der Waals surface area contributed by atoms with Crippen LogP contribution >= 0.6 is 12.2 Å². The molecule has 1 saturated carbocycles. The van der Waals surface area contributed by atoms with Crippen LogP contribution in [0.25, 0.3) is 0 Å². The smallest absolute Gasteiger partial charge is 0.245 e. The zero-order chi connectivity index (χ0) is 40.2. The van der Waals surface area contributed by atoms with Gasteiger partial charge in [-0.1, -0.05) is 0 Å². The molecule has 6 atom stereocenters. The zero-order valence-corrected chi connectivity index (χ0v) is 31.5. The Hall–Kier alpha value is -5.28. The highest BCUT2D eigenvalue weighted by Gasteiger charge is 2.40. The number of nitrogens with two attached hydrogens (primary N) is 4. The molecular weight excluding hydrogens is 739 g/mol. The molecule has 4 aliphatic heterocycles. The standard InChI is InChI=1S/C18H29N7O4.C15H24N6O4S/c19-15(27)13-4-2-8-25(13)17(29)11(24-16(28)12-9-14(26)23-12)3-1-7-21-18(20)22-10-5-6-10;16-12(23)10-4-2-6-21(10)14(25)8(3-1-5-18-15(17)26)20-13(24)9-7-11(22)19-9/h10-13H,1-9H2,(H2,19,27)(H,23,26)(H,24,28)(H3,20,21,22);8-10H,1-7H2,(H2,16,23)(H,19,22)(H,20,24)(H3,17,18,26)/t11-,12-,13-;8-,9-,10-/m00/s1. The van der Waals surface area contributed by atoms with Gasteiger partial charge in [0.2, 0.25) is 47.3 Å². The number of nitrogens with zero attached hydrogens (tertiary/aromatic N) is 3. The third kappa shape index (κ3) is 12.6. The van der Waals surface area contributed by atoms with E-state index < -0.39 is 59.9 Å². The first-order chi connectivity index (χ1) is 26.1. The third-order valence-corrected chi connectivity index (χ3v) is 10.0. The van der Waals surface area contributed by atoms with Crippen LogP contribution in [0.2, 0.25) is 0 Å². The van der Waals surface area contributed by atoms with Crippen molar-refractivity contribution in [3.8, 4) is 0 Å². The monoisotopic (exact) mass is 791 g/mol. The number of likely N-dealkylation sites (tertiary alicyclic amines) is 2. The van der Waals surface area contributed by atoms with Gasteiger partial charge in [-0.2, -0.15) is 0 Å². The maximum absolute atomic E-state index is 13.0. The largest absolute Gasteiger partial charge is 0.376 e. The van der Waals surface area contributed by atoms with Crippen LogP contribution in [0.1, 0.15) is 77.0 Å². The lowest BCUT2D eigenvalue weighted by Crippen LogP contribution is -2.60. The van der Waals surface area contributed by atoms with E-state index in [1.54, 1.807) is 0 Å². The molecule has 21 nitrogen and oxygen atoms in total. The summed E-state index contributed by atoms with van der Waals surface area (Å²) in [4.78, 5) is 103. The molecule has 14 N–H and O–H groups in total. The minimum atomic E-state index is -0.812. The Labute approximate surface area is 323 Å².